The summed E-state index contributed by atoms with van der Waals surface area (Å²) in [4.78, 5) is 2.27. The van der Waals surface area contributed by atoms with Crippen LogP contribution in [0.15, 0.2) is 49.2 Å². The summed E-state index contributed by atoms with van der Waals surface area (Å²) < 4.78 is 0. The minimum absolute atomic E-state index is 0.446. The van der Waals surface area contributed by atoms with Gasteiger partial charge in [0.1, 0.15) is 0 Å². The van der Waals surface area contributed by atoms with Gasteiger partial charge in [0, 0.05) is 12.6 Å². The minimum atomic E-state index is 0.446. The molecular formula is C27H41N. The lowest BCUT2D eigenvalue weighted by Gasteiger charge is -2.47. The van der Waals surface area contributed by atoms with E-state index in [1.807, 2.05) is 6.20 Å². The van der Waals surface area contributed by atoms with Gasteiger partial charge in [0.2, 0.25) is 0 Å². The zero-order chi connectivity index (χ0) is 20.3. The van der Waals surface area contributed by atoms with Gasteiger partial charge in [-0.3, -0.25) is 0 Å². The average Bonchev–Trinajstić information content (AvgIpc) is 3.10. The van der Waals surface area contributed by atoms with Crippen molar-refractivity contribution in [3.05, 3.63) is 60.3 Å². The molecule has 1 aliphatic heterocycles. The van der Waals surface area contributed by atoms with Crippen molar-refractivity contribution in [2.24, 2.45) is 17.8 Å². The van der Waals surface area contributed by atoms with Gasteiger partial charge in [-0.1, -0.05) is 62.4 Å². The third-order valence-electron chi connectivity index (χ3n) is 7.46. The highest BCUT2D eigenvalue weighted by atomic mass is 15.2. The largest absolute Gasteiger partial charge is 0.371 e. The SMILES string of the molecule is C=CN1CCCC1C(=C)C.Cc1ccc(C2(C)CC3CC(C)CC(C3)C2)cc1. The van der Waals surface area contributed by atoms with Crippen LogP contribution < -0.4 is 0 Å². The molecule has 3 fully saturated rings. The average molecular weight is 380 g/mol. The van der Waals surface area contributed by atoms with Crippen LogP contribution in [-0.4, -0.2) is 17.5 Å². The first kappa shape index (κ1) is 21.2. The maximum Gasteiger partial charge on any atom is 0.0491 e. The van der Waals surface area contributed by atoms with E-state index in [9.17, 15) is 0 Å². The highest BCUT2D eigenvalue weighted by molar-refractivity contribution is 5.29. The summed E-state index contributed by atoms with van der Waals surface area (Å²) in [5.41, 5.74) is 4.67. The van der Waals surface area contributed by atoms with Crippen molar-refractivity contribution in [1.29, 1.82) is 0 Å². The summed E-state index contributed by atoms with van der Waals surface area (Å²) in [7, 11) is 0. The van der Waals surface area contributed by atoms with Gasteiger partial charge < -0.3 is 4.90 Å². The van der Waals surface area contributed by atoms with Crippen LogP contribution in [0.4, 0.5) is 0 Å². The number of rotatable bonds is 3. The van der Waals surface area contributed by atoms with Crippen LogP contribution in [0.2, 0.25) is 0 Å². The Kier molecular flexibility index (Phi) is 6.73. The standard InChI is InChI=1S/C18H26.C9H15N/c1-13-4-6-17(7-5-13)18(3)11-15-8-14(2)9-16(10-15)12-18;1-4-10-7-5-6-9(10)8(2)3/h4-7,14-16H,8-12H2,1-3H3;4,9H,1-2,5-7H2,3H3. The first-order chi connectivity index (χ1) is 13.3. The highest BCUT2D eigenvalue weighted by Crippen LogP contribution is 2.51. The van der Waals surface area contributed by atoms with E-state index in [2.05, 4.69) is 70.0 Å². The molecule has 0 amide bonds. The second kappa shape index (κ2) is 8.89. The van der Waals surface area contributed by atoms with Gasteiger partial charge in [0.05, 0.1) is 0 Å². The first-order valence-corrected chi connectivity index (χ1v) is 11.4. The fourth-order valence-corrected chi connectivity index (χ4v) is 6.32. The van der Waals surface area contributed by atoms with E-state index < -0.39 is 0 Å². The Hall–Kier alpha value is -1.50. The summed E-state index contributed by atoms with van der Waals surface area (Å²) in [6.07, 6.45) is 11.7. The first-order valence-electron chi connectivity index (χ1n) is 11.4. The third kappa shape index (κ3) is 4.91. The lowest BCUT2D eigenvalue weighted by atomic mass is 9.57. The molecule has 1 saturated heterocycles. The summed E-state index contributed by atoms with van der Waals surface area (Å²) in [6.45, 7) is 18.1. The number of hydrogen-bond acceptors (Lipinski definition) is 1. The maximum absolute atomic E-state index is 3.95. The Morgan fingerprint density at radius 2 is 1.71 bits per heavy atom. The predicted molar refractivity (Wildman–Crippen MR) is 122 cm³/mol. The van der Waals surface area contributed by atoms with Crippen molar-refractivity contribution >= 4 is 0 Å². The lowest BCUT2D eigenvalue weighted by molar-refractivity contribution is 0.0899. The molecule has 2 saturated carbocycles. The monoisotopic (exact) mass is 379 g/mol. The van der Waals surface area contributed by atoms with E-state index >= 15 is 0 Å². The maximum atomic E-state index is 3.95. The number of fused-ring (bicyclic) bond motifs is 2. The van der Waals surface area contributed by atoms with E-state index in [0.717, 1.165) is 24.3 Å². The normalized spacial score (nSPS) is 34.4. The highest BCUT2D eigenvalue weighted by Gasteiger charge is 2.41. The fraction of sp³-hybridized carbons (Fsp3) is 0.630. The molecule has 1 heterocycles. The molecule has 3 unspecified atom stereocenters. The Labute approximate surface area is 173 Å². The molecule has 2 aliphatic carbocycles. The van der Waals surface area contributed by atoms with Crippen molar-refractivity contribution in [1.82, 2.24) is 4.90 Å². The quantitative estimate of drug-likeness (QED) is 0.499. The van der Waals surface area contributed by atoms with Crippen LogP contribution in [0, 0.1) is 24.7 Å². The van der Waals surface area contributed by atoms with E-state index in [-0.39, 0.29) is 0 Å². The van der Waals surface area contributed by atoms with Crippen LogP contribution in [0.25, 0.3) is 0 Å². The summed E-state index contributed by atoms with van der Waals surface area (Å²) in [5, 5.41) is 0. The molecule has 3 atom stereocenters. The molecule has 1 aromatic carbocycles. The molecule has 0 spiro atoms. The van der Waals surface area contributed by atoms with Crippen molar-refractivity contribution in [3.8, 4) is 0 Å². The Bertz CT molecular complexity index is 652. The van der Waals surface area contributed by atoms with Gasteiger partial charge in [-0.25, -0.2) is 0 Å². The van der Waals surface area contributed by atoms with E-state index in [4.69, 9.17) is 0 Å². The number of aryl methyl sites for hydroxylation is 1. The zero-order valence-electron chi connectivity index (χ0n) is 18.7. The smallest absolute Gasteiger partial charge is 0.0491 e. The van der Waals surface area contributed by atoms with E-state index in [1.54, 1.807) is 5.56 Å². The minimum Gasteiger partial charge on any atom is -0.371 e. The van der Waals surface area contributed by atoms with Crippen molar-refractivity contribution < 1.29 is 0 Å². The number of likely N-dealkylation sites (tertiary alicyclic amines) is 1. The lowest BCUT2D eigenvalue weighted by Crippen LogP contribution is -2.38. The van der Waals surface area contributed by atoms with Crippen LogP contribution >= 0.6 is 0 Å². The second-order valence-electron chi connectivity index (χ2n) is 10.3. The number of benzene rings is 1. The second-order valence-corrected chi connectivity index (χ2v) is 10.3. The van der Waals surface area contributed by atoms with Gasteiger partial charge in [-0.05, 0) is 93.7 Å². The van der Waals surface area contributed by atoms with Crippen LogP contribution in [0.3, 0.4) is 0 Å². The Balaban J connectivity index is 0.000000192. The molecule has 154 valence electrons. The molecular weight excluding hydrogens is 338 g/mol. The van der Waals surface area contributed by atoms with E-state index in [1.165, 1.54) is 56.1 Å². The molecule has 0 aromatic heterocycles. The molecule has 0 radical (unpaired) electrons. The number of nitrogens with zero attached hydrogens (tertiary/aromatic N) is 1. The molecule has 1 nitrogen and oxygen atoms in total. The Morgan fingerprint density at radius 3 is 2.21 bits per heavy atom. The predicted octanol–water partition coefficient (Wildman–Crippen LogP) is 7.27. The number of hydrogen-bond donors (Lipinski definition) is 0. The molecule has 1 aromatic rings. The van der Waals surface area contributed by atoms with Gasteiger partial charge >= 0.3 is 0 Å². The van der Waals surface area contributed by atoms with Crippen molar-refractivity contribution in [2.45, 2.75) is 84.1 Å². The van der Waals surface area contributed by atoms with Gasteiger partial charge in [-0.15, -0.1) is 0 Å². The van der Waals surface area contributed by atoms with Gasteiger partial charge in [-0.2, -0.15) is 0 Å². The molecule has 3 aliphatic rings. The van der Waals surface area contributed by atoms with Crippen LogP contribution in [0.1, 0.15) is 76.8 Å². The van der Waals surface area contributed by atoms with Gasteiger partial charge in [0.25, 0.3) is 0 Å². The topological polar surface area (TPSA) is 3.24 Å². The molecule has 28 heavy (non-hydrogen) atoms. The summed E-state index contributed by atoms with van der Waals surface area (Å²) in [5.74, 6) is 2.94. The molecule has 2 bridgehead atoms. The van der Waals surface area contributed by atoms with Crippen LogP contribution in [0.5, 0.6) is 0 Å². The third-order valence-corrected chi connectivity index (χ3v) is 7.46. The summed E-state index contributed by atoms with van der Waals surface area (Å²) in [6, 6.07) is 9.89. The van der Waals surface area contributed by atoms with Crippen LogP contribution in [-0.2, 0) is 5.41 Å². The van der Waals surface area contributed by atoms with Gasteiger partial charge in [0.15, 0.2) is 0 Å². The fourth-order valence-electron chi connectivity index (χ4n) is 6.32. The molecule has 0 N–H and O–H groups in total. The Morgan fingerprint density at radius 1 is 1.11 bits per heavy atom. The van der Waals surface area contributed by atoms with Crippen molar-refractivity contribution in [2.75, 3.05) is 6.54 Å². The van der Waals surface area contributed by atoms with E-state index in [0.29, 0.717) is 11.5 Å². The molecule has 4 rings (SSSR count). The summed E-state index contributed by atoms with van der Waals surface area (Å²) >= 11 is 0. The zero-order valence-corrected chi connectivity index (χ0v) is 18.7. The molecule has 1 heteroatoms. The van der Waals surface area contributed by atoms with Crippen molar-refractivity contribution in [3.63, 3.8) is 0 Å².